The van der Waals surface area contributed by atoms with Crippen molar-refractivity contribution in [1.29, 1.82) is 0 Å². The van der Waals surface area contributed by atoms with E-state index in [1.807, 2.05) is 13.8 Å². The number of aryl methyl sites for hydroxylation is 2. The monoisotopic (exact) mass is 745 g/mol. The van der Waals surface area contributed by atoms with E-state index in [1.54, 1.807) is 0 Å². The number of esters is 2. The molecule has 1 rings (SSSR count). The first-order valence-corrected chi connectivity index (χ1v) is 23.6. The van der Waals surface area contributed by atoms with Crippen LogP contribution in [0.3, 0.4) is 0 Å². The summed E-state index contributed by atoms with van der Waals surface area (Å²) in [6, 6.07) is 0. The van der Waals surface area contributed by atoms with Gasteiger partial charge in [0.25, 0.3) is 0 Å². The fourth-order valence-electron chi connectivity index (χ4n) is 7.48. The molecular formula is C48H88O5. The summed E-state index contributed by atoms with van der Waals surface area (Å²) in [7, 11) is 0. The van der Waals surface area contributed by atoms with Gasteiger partial charge in [-0.25, -0.2) is 0 Å². The minimum atomic E-state index is -0.269. The van der Waals surface area contributed by atoms with E-state index in [9.17, 15) is 9.59 Å². The maximum Gasteiger partial charge on any atom is 0.311 e. The highest BCUT2D eigenvalue weighted by atomic mass is 16.6. The zero-order valence-electron chi connectivity index (χ0n) is 35.9. The maximum atomic E-state index is 12.8. The summed E-state index contributed by atoms with van der Waals surface area (Å²) in [6.07, 6.45) is 46.5. The third-order valence-electron chi connectivity index (χ3n) is 11.0. The molecule has 1 heterocycles. The quantitative estimate of drug-likeness (QED) is 0.0494. The third-order valence-corrected chi connectivity index (χ3v) is 11.0. The van der Waals surface area contributed by atoms with E-state index >= 15 is 0 Å². The van der Waals surface area contributed by atoms with Gasteiger partial charge in [-0.05, 0) is 12.8 Å². The fourth-order valence-corrected chi connectivity index (χ4v) is 7.48. The van der Waals surface area contributed by atoms with Gasteiger partial charge >= 0.3 is 11.9 Å². The van der Waals surface area contributed by atoms with Crippen molar-refractivity contribution < 1.29 is 23.5 Å². The topological polar surface area (TPSA) is 65.7 Å². The largest absolute Gasteiger partial charge is 0.458 e. The number of furan rings is 1. The van der Waals surface area contributed by atoms with Crippen molar-refractivity contribution in [3.8, 4) is 11.5 Å². The summed E-state index contributed by atoms with van der Waals surface area (Å²) >= 11 is 0. The molecule has 0 radical (unpaired) electrons. The number of rotatable bonds is 40. The van der Waals surface area contributed by atoms with Gasteiger partial charge in [-0.1, -0.05) is 233 Å². The van der Waals surface area contributed by atoms with Gasteiger partial charge in [-0.2, -0.15) is 0 Å². The number of ether oxygens (including phenoxy) is 2. The van der Waals surface area contributed by atoms with Crippen LogP contribution in [0.1, 0.15) is 270 Å². The second-order valence-corrected chi connectivity index (χ2v) is 16.1. The van der Waals surface area contributed by atoms with Crippen LogP contribution in [0.25, 0.3) is 0 Å². The molecule has 310 valence electrons. The molecule has 1 aromatic heterocycles. The molecule has 0 aliphatic carbocycles. The highest BCUT2D eigenvalue weighted by Gasteiger charge is 2.26. The van der Waals surface area contributed by atoms with Crippen molar-refractivity contribution in [2.24, 2.45) is 0 Å². The number of hydrogen-bond donors (Lipinski definition) is 0. The summed E-state index contributed by atoms with van der Waals surface area (Å²) in [5.41, 5.74) is 0. The number of carbonyl (C=O) groups is 2. The van der Waals surface area contributed by atoms with Crippen LogP contribution < -0.4 is 9.47 Å². The zero-order chi connectivity index (χ0) is 38.5. The normalized spacial score (nSPS) is 11.4. The Kier molecular flexibility index (Phi) is 34.5. The van der Waals surface area contributed by atoms with Crippen LogP contribution in [0.15, 0.2) is 4.42 Å². The molecule has 5 heteroatoms. The number of hydrogen-bond acceptors (Lipinski definition) is 5. The van der Waals surface area contributed by atoms with Crippen molar-refractivity contribution in [2.45, 2.75) is 272 Å². The predicted octanol–water partition coefficient (Wildman–Crippen LogP) is 16.3. The Morgan fingerprint density at radius 1 is 0.340 bits per heavy atom. The van der Waals surface area contributed by atoms with Crippen LogP contribution >= 0.6 is 0 Å². The lowest BCUT2D eigenvalue weighted by atomic mass is 10.0. The van der Waals surface area contributed by atoms with Gasteiger partial charge in [-0.15, -0.1) is 0 Å². The predicted molar refractivity (Wildman–Crippen MR) is 226 cm³/mol. The summed E-state index contributed by atoms with van der Waals surface area (Å²) in [5, 5.41) is 0. The molecule has 0 atom stereocenters. The summed E-state index contributed by atoms with van der Waals surface area (Å²) < 4.78 is 17.6. The molecule has 0 unspecified atom stereocenters. The van der Waals surface area contributed by atoms with Gasteiger partial charge in [0.05, 0.1) is 0 Å². The Bertz CT molecular complexity index is 891. The van der Waals surface area contributed by atoms with Gasteiger partial charge < -0.3 is 13.9 Å². The molecular weight excluding hydrogens is 657 g/mol. The second-order valence-electron chi connectivity index (χ2n) is 16.1. The first-order chi connectivity index (χ1) is 26.1. The van der Waals surface area contributed by atoms with Gasteiger partial charge in [0.15, 0.2) is 11.5 Å². The van der Waals surface area contributed by atoms with Crippen molar-refractivity contribution in [2.75, 3.05) is 0 Å². The highest BCUT2D eigenvalue weighted by molar-refractivity contribution is 5.77. The van der Waals surface area contributed by atoms with Crippen LogP contribution in [0.5, 0.6) is 11.5 Å². The maximum absolute atomic E-state index is 12.8. The minimum Gasteiger partial charge on any atom is -0.458 e. The molecule has 0 aliphatic rings. The average molecular weight is 745 g/mol. The summed E-state index contributed by atoms with van der Waals surface area (Å²) in [5.74, 6) is 1.26. The lowest BCUT2D eigenvalue weighted by Gasteiger charge is -2.09. The first-order valence-electron chi connectivity index (χ1n) is 23.6. The van der Waals surface area contributed by atoms with E-state index in [2.05, 4.69) is 13.8 Å². The molecule has 53 heavy (non-hydrogen) atoms. The van der Waals surface area contributed by atoms with Crippen molar-refractivity contribution >= 4 is 11.9 Å². The molecule has 1 aromatic rings. The third kappa shape index (κ3) is 28.3. The van der Waals surface area contributed by atoms with E-state index in [4.69, 9.17) is 13.9 Å². The van der Waals surface area contributed by atoms with Crippen LogP contribution in [0.4, 0.5) is 0 Å². The van der Waals surface area contributed by atoms with E-state index in [1.165, 1.54) is 193 Å². The van der Waals surface area contributed by atoms with Crippen LogP contribution in [0.2, 0.25) is 0 Å². The zero-order valence-corrected chi connectivity index (χ0v) is 35.9. The van der Waals surface area contributed by atoms with E-state index in [-0.39, 0.29) is 11.9 Å². The lowest BCUT2D eigenvalue weighted by Crippen LogP contribution is -2.12. The molecule has 0 saturated carbocycles. The molecule has 0 amide bonds. The van der Waals surface area contributed by atoms with Crippen molar-refractivity contribution in [3.05, 3.63) is 11.5 Å². The Labute approximate surface area is 329 Å². The van der Waals surface area contributed by atoms with Crippen molar-refractivity contribution in [3.63, 3.8) is 0 Å². The molecule has 0 saturated heterocycles. The van der Waals surface area contributed by atoms with Crippen molar-refractivity contribution in [1.82, 2.24) is 0 Å². The average Bonchev–Trinajstić information content (AvgIpc) is 3.49. The Hall–Kier alpha value is -1.78. The molecule has 0 fully saturated rings. The van der Waals surface area contributed by atoms with Gasteiger partial charge in [0.1, 0.15) is 0 Å². The molecule has 0 bridgehead atoms. The van der Waals surface area contributed by atoms with Gasteiger partial charge in [0, 0.05) is 25.7 Å². The van der Waals surface area contributed by atoms with Gasteiger partial charge in [0.2, 0.25) is 11.5 Å². The molecule has 0 aliphatic heterocycles. The number of unbranched alkanes of at least 4 members (excludes halogenated alkanes) is 32. The first kappa shape index (κ1) is 49.2. The van der Waals surface area contributed by atoms with Crippen LogP contribution in [-0.2, 0) is 22.4 Å². The summed E-state index contributed by atoms with van der Waals surface area (Å²) in [6.45, 7) is 8.50. The Balaban J connectivity index is 2.14. The van der Waals surface area contributed by atoms with E-state index in [0.717, 1.165) is 25.7 Å². The Morgan fingerprint density at radius 3 is 0.755 bits per heavy atom. The lowest BCUT2D eigenvalue weighted by molar-refractivity contribution is -0.137. The highest BCUT2D eigenvalue weighted by Crippen LogP contribution is 2.39. The van der Waals surface area contributed by atoms with Crippen LogP contribution in [-0.4, -0.2) is 11.9 Å². The number of carbonyl (C=O) groups excluding carboxylic acids is 2. The molecule has 0 N–H and O–H groups in total. The van der Waals surface area contributed by atoms with Crippen LogP contribution in [0, 0.1) is 0 Å². The molecule has 0 spiro atoms. The van der Waals surface area contributed by atoms with Gasteiger partial charge in [-0.3, -0.25) is 9.59 Å². The second kappa shape index (κ2) is 37.2. The standard InChI is InChI=1S/C48H88O5/c1-5-9-11-13-15-17-19-21-23-25-27-29-31-33-35-37-39-41-45(49)52-47-43(7-3)51-44(8-4)48(47)53-46(50)42-40-38-36-34-32-30-28-26-24-22-20-18-16-14-12-10-6-2/h5-42H2,1-4H3. The Morgan fingerprint density at radius 2 is 0.547 bits per heavy atom. The molecule has 0 aromatic carbocycles. The molecule has 5 nitrogen and oxygen atoms in total. The summed E-state index contributed by atoms with van der Waals surface area (Å²) in [4.78, 5) is 25.6. The SMILES string of the molecule is CCCCCCCCCCCCCCCCCCCC(=O)Oc1c(CC)oc(CC)c1OC(=O)CCCCCCCCCCCCCCCCCCC. The smallest absolute Gasteiger partial charge is 0.311 e. The van der Waals surface area contributed by atoms with E-state index in [0.29, 0.717) is 48.7 Å². The van der Waals surface area contributed by atoms with E-state index < -0.39 is 0 Å². The minimum absolute atomic E-state index is 0.269. The fraction of sp³-hybridized carbons (Fsp3) is 0.875.